The number of ketones is 1. The average Bonchev–Trinajstić information content (AvgIpc) is 2.88. The number of nitrogens with two attached hydrogens (primary N) is 1. The van der Waals surface area contributed by atoms with Crippen molar-refractivity contribution < 1.29 is 22.8 Å². The molecule has 0 fully saturated rings. The maximum Gasteiger partial charge on any atom is 0.453 e. The van der Waals surface area contributed by atoms with Crippen LogP contribution in [-0.2, 0) is 11.0 Å². The molecule has 2 aromatic rings. The third-order valence-electron chi connectivity index (χ3n) is 3.13. The van der Waals surface area contributed by atoms with E-state index in [4.69, 9.17) is 5.84 Å². The van der Waals surface area contributed by atoms with Gasteiger partial charge in [-0.1, -0.05) is 11.8 Å². The van der Waals surface area contributed by atoms with E-state index in [1.54, 1.807) is 24.3 Å². The topological polar surface area (TPSA) is 103 Å². The Morgan fingerprint density at radius 1 is 1.24 bits per heavy atom. The minimum Gasteiger partial charge on any atom is -0.335 e. The lowest BCUT2D eigenvalue weighted by Crippen LogP contribution is -2.25. The summed E-state index contributed by atoms with van der Waals surface area (Å²) >= 11 is 0.741. The van der Waals surface area contributed by atoms with Crippen molar-refractivity contribution in [3.8, 4) is 0 Å². The Hall–Kier alpha value is -2.56. The molecule has 0 radical (unpaired) electrons. The average molecular weight is 373 g/mol. The third kappa shape index (κ3) is 4.50. The number of nitrogens with one attached hydrogen (secondary N) is 1. The molecule has 0 aliphatic heterocycles. The van der Waals surface area contributed by atoms with Gasteiger partial charge in [0.05, 0.1) is 5.25 Å². The van der Waals surface area contributed by atoms with Gasteiger partial charge in [-0.05, 0) is 38.1 Å². The van der Waals surface area contributed by atoms with E-state index in [2.05, 4.69) is 15.5 Å². The summed E-state index contributed by atoms with van der Waals surface area (Å²) in [5, 5.41) is 7.93. The highest BCUT2D eigenvalue weighted by atomic mass is 32.2. The van der Waals surface area contributed by atoms with Crippen LogP contribution >= 0.6 is 11.8 Å². The number of benzene rings is 1. The molecule has 0 saturated heterocycles. The predicted molar refractivity (Wildman–Crippen MR) is 85.6 cm³/mol. The van der Waals surface area contributed by atoms with Gasteiger partial charge in [0.2, 0.25) is 11.1 Å². The molecule has 134 valence electrons. The van der Waals surface area contributed by atoms with E-state index in [-0.39, 0.29) is 10.9 Å². The number of nitrogens with zero attached hydrogens (tertiary/aromatic N) is 3. The van der Waals surface area contributed by atoms with Crippen molar-refractivity contribution in [3.05, 3.63) is 35.7 Å². The minimum atomic E-state index is -4.73. The van der Waals surface area contributed by atoms with Gasteiger partial charge in [-0.3, -0.25) is 9.59 Å². The Morgan fingerprint density at radius 2 is 1.84 bits per heavy atom. The maximum atomic E-state index is 12.6. The molecule has 1 atom stereocenters. The summed E-state index contributed by atoms with van der Waals surface area (Å²) in [4.78, 5) is 23.3. The summed E-state index contributed by atoms with van der Waals surface area (Å²) in [6.07, 6.45) is -4.73. The second-order valence-electron chi connectivity index (χ2n) is 5.06. The monoisotopic (exact) mass is 373 g/mol. The van der Waals surface area contributed by atoms with Crippen LogP contribution in [0.25, 0.3) is 0 Å². The number of hydrogen-bond acceptors (Lipinski definition) is 6. The number of Topliss-reactive ketones (excluding diaryl/α,β-unsaturated/α-hetero) is 1. The van der Waals surface area contributed by atoms with Crippen LogP contribution in [0.1, 0.15) is 30.0 Å². The number of nitrogen functional groups attached to an aromatic ring is 1. The first-order valence-corrected chi connectivity index (χ1v) is 7.83. The standard InChI is InChI=1S/C14H14F3N5O2S/c1-7(23)9-3-5-10(6-4-9)19-11(24)8(2)25-13-21-20-12(22(13)18)14(15,16)17/h3-6,8H,18H2,1-2H3,(H,19,24)/t8-/m0/s1. The number of hydrogen-bond donors (Lipinski definition) is 2. The zero-order valence-electron chi connectivity index (χ0n) is 13.2. The molecule has 0 spiro atoms. The fourth-order valence-corrected chi connectivity index (χ4v) is 2.56. The van der Waals surface area contributed by atoms with Crippen LogP contribution in [0.15, 0.2) is 29.4 Å². The molecule has 11 heteroatoms. The molecule has 0 unspecified atom stereocenters. The maximum absolute atomic E-state index is 12.6. The van der Waals surface area contributed by atoms with Crippen molar-refractivity contribution >= 4 is 29.1 Å². The lowest BCUT2D eigenvalue weighted by Gasteiger charge is -2.12. The van der Waals surface area contributed by atoms with Gasteiger partial charge in [-0.25, -0.2) is 4.68 Å². The SMILES string of the molecule is CC(=O)c1ccc(NC(=O)[C@H](C)Sc2nnc(C(F)(F)F)n2N)cc1. The predicted octanol–water partition coefficient (Wildman–Crippen LogP) is 2.33. The van der Waals surface area contributed by atoms with Gasteiger partial charge in [-0.2, -0.15) is 13.2 Å². The molecule has 1 aromatic heterocycles. The lowest BCUT2D eigenvalue weighted by molar-refractivity contribution is -0.146. The summed E-state index contributed by atoms with van der Waals surface area (Å²) < 4.78 is 38.2. The zero-order chi connectivity index (χ0) is 18.8. The van der Waals surface area contributed by atoms with Crippen LogP contribution in [0.2, 0.25) is 0 Å². The molecule has 0 aliphatic rings. The second-order valence-corrected chi connectivity index (χ2v) is 6.36. The molecule has 25 heavy (non-hydrogen) atoms. The lowest BCUT2D eigenvalue weighted by atomic mass is 10.1. The first kappa shape index (κ1) is 18.8. The zero-order valence-corrected chi connectivity index (χ0v) is 14.0. The van der Waals surface area contributed by atoms with Crippen LogP contribution < -0.4 is 11.2 Å². The Bertz CT molecular complexity index is 789. The van der Waals surface area contributed by atoms with Gasteiger partial charge in [0, 0.05) is 11.3 Å². The molecule has 1 aromatic carbocycles. The van der Waals surface area contributed by atoms with Crippen LogP contribution in [-0.4, -0.2) is 31.8 Å². The summed E-state index contributed by atoms with van der Waals surface area (Å²) in [5.41, 5.74) is 0.948. The summed E-state index contributed by atoms with van der Waals surface area (Å²) in [6.45, 7) is 2.91. The van der Waals surface area contributed by atoms with Crippen molar-refractivity contribution in [1.82, 2.24) is 14.9 Å². The van der Waals surface area contributed by atoms with E-state index in [1.165, 1.54) is 13.8 Å². The Kier molecular flexibility index (Phi) is 5.36. The van der Waals surface area contributed by atoms with Gasteiger partial charge in [0.1, 0.15) is 0 Å². The number of anilines is 1. The molecule has 7 nitrogen and oxygen atoms in total. The van der Waals surface area contributed by atoms with E-state index < -0.39 is 23.2 Å². The molecular formula is C14H14F3N5O2S. The fourth-order valence-electron chi connectivity index (χ4n) is 1.79. The summed E-state index contributed by atoms with van der Waals surface area (Å²) in [5.74, 6) is 3.41. The van der Waals surface area contributed by atoms with Crippen molar-refractivity contribution in [2.24, 2.45) is 0 Å². The van der Waals surface area contributed by atoms with E-state index in [9.17, 15) is 22.8 Å². The van der Waals surface area contributed by atoms with Gasteiger partial charge >= 0.3 is 6.18 Å². The number of amides is 1. The molecule has 3 N–H and O–H groups in total. The number of halogens is 3. The number of aromatic nitrogens is 3. The first-order valence-electron chi connectivity index (χ1n) is 6.96. The second kappa shape index (κ2) is 7.13. The molecular weight excluding hydrogens is 359 g/mol. The van der Waals surface area contributed by atoms with Crippen LogP contribution in [0, 0.1) is 0 Å². The molecule has 1 heterocycles. The van der Waals surface area contributed by atoms with E-state index >= 15 is 0 Å². The van der Waals surface area contributed by atoms with Crippen LogP contribution in [0.5, 0.6) is 0 Å². The highest BCUT2D eigenvalue weighted by Crippen LogP contribution is 2.30. The van der Waals surface area contributed by atoms with E-state index in [0.29, 0.717) is 15.9 Å². The van der Waals surface area contributed by atoms with E-state index in [1.807, 2.05) is 0 Å². The molecule has 0 bridgehead atoms. The van der Waals surface area contributed by atoms with Gasteiger partial charge in [0.15, 0.2) is 5.78 Å². The quantitative estimate of drug-likeness (QED) is 0.474. The van der Waals surface area contributed by atoms with Crippen molar-refractivity contribution in [1.29, 1.82) is 0 Å². The first-order chi connectivity index (χ1) is 11.6. The third-order valence-corrected chi connectivity index (χ3v) is 4.19. The summed E-state index contributed by atoms with van der Waals surface area (Å²) in [7, 11) is 0. The van der Waals surface area contributed by atoms with Crippen molar-refractivity contribution in [3.63, 3.8) is 0 Å². The molecule has 1 amide bonds. The van der Waals surface area contributed by atoms with E-state index in [0.717, 1.165) is 11.8 Å². The van der Waals surface area contributed by atoms with Crippen molar-refractivity contribution in [2.45, 2.75) is 30.4 Å². The molecule has 2 rings (SSSR count). The molecule has 0 aliphatic carbocycles. The summed E-state index contributed by atoms with van der Waals surface area (Å²) in [6, 6.07) is 6.22. The number of carbonyl (C=O) groups is 2. The fraction of sp³-hybridized carbons (Fsp3) is 0.286. The highest BCUT2D eigenvalue weighted by Gasteiger charge is 2.38. The smallest absolute Gasteiger partial charge is 0.335 e. The van der Waals surface area contributed by atoms with Crippen LogP contribution in [0.4, 0.5) is 18.9 Å². The largest absolute Gasteiger partial charge is 0.453 e. The number of alkyl halides is 3. The Morgan fingerprint density at radius 3 is 2.32 bits per heavy atom. The van der Waals surface area contributed by atoms with Gasteiger partial charge in [0.25, 0.3) is 5.82 Å². The molecule has 0 saturated carbocycles. The number of carbonyl (C=O) groups excluding carboxylic acids is 2. The number of thioether (sulfide) groups is 1. The normalized spacial score (nSPS) is 12.7. The number of rotatable bonds is 5. The van der Waals surface area contributed by atoms with Gasteiger partial charge in [-0.15, -0.1) is 10.2 Å². The Balaban J connectivity index is 2.03. The van der Waals surface area contributed by atoms with Gasteiger partial charge < -0.3 is 11.2 Å². The minimum absolute atomic E-state index is 0.107. The Labute approximate surface area is 144 Å². The van der Waals surface area contributed by atoms with Crippen molar-refractivity contribution in [2.75, 3.05) is 11.2 Å². The highest BCUT2D eigenvalue weighted by molar-refractivity contribution is 8.00. The van der Waals surface area contributed by atoms with Crippen LogP contribution in [0.3, 0.4) is 0 Å².